The number of hydrogen-bond donors (Lipinski definition) is 1. The molecule has 2 fully saturated rings. The third kappa shape index (κ3) is 7.44. The van der Waals surface area contributed by atoms with E-state index in [0.717, 1.165) is 47.5 Å². The van der Waals surface area contributed by atoms with E-state index in [4.69, 9.17) is 4.74 Å². The minimum absolute atomic E-state index is 0.0441. The van der Waals surface area contributed by atoms with Crippen molar-refractivity contribution in [2.75, 3.05) is 20.3 Å². The second-order valence-electron chi connectivity index (χ2n) is 14.2. The van der Waals surface area contributed by atoms with Gasteiger partial charge in [-0.3, -0.25) is 4.79 Å². The summed E-state index contributed by atoms with van der Waals surface area (Å²) in [7, 11) is -1.82. The first kappa shape index (κ1) is 31.8. The number of aromatic nitrogens is 1. The quantitative estimate of drug-likeness (QED) is 0.394. The molecule has 1 aromatic carbocycles. The molecule has 0 atom stereocenters. The number of nitrogens with one attached hydrogen (secondary N) is 1. The molecule has 1 saturated carbocycles. The number of amides is 1. The average Bonchev–Trinajstić information content (AvgIpc) is 3.22. The Morgan fingerprint density at radius 2 is 1.63 bits per heavy atom. The largest absolute Gasteiger partial charge is 0.381 e. The fourth-order valence-corrected chi connectivity index (χ4v) is 8.18. The Bertz CT molecular complexity index is 1340. The lowest BCUT2D eigenvalue weighted by atomic mass is 9.85. The van der Waals surface area contributed by atoms with Crippen LogP contribution in [-0.4, -0.2) is 55.6 Å². The molecule has 4 rings (SSSR count). The summed E-state index contributed by atoms with van der Waals surface area (Å²) in [5.41, 5.74) is 3.40. The molecule has 41 heavy (non-hydrogen) atoms. The zero-order chi connectivity index (χ0) is 30.2. The van der Waals surface area contributed by atoms with Crippen LogP contribution < -0.4 is 4.72 Å². The van der Waals surface area contributed by atoms with Crippen molar-refractivity contribution in [2.24, 2.45) is 5.92 Å². The van der Waals surface area contributed by atoms with Gasteiger partial charge in [-0.1, -0.05) is 46.1 Å². The van der Waals surface area contributed by atoms with Gasteiger partial charge in [-0.15, -0.1) is 0 Å². The molecule has 0 radical (unpaired) electrons. The summed E-state index contributed by atoms with van der Waals surface area (Å²) in [6.07, 6.45) is 7.90. The van der Waals surface area contributed by atoms with Crippen LogP contribution in [0.15, 0.2) is 29.2 Å². The zero-order valence-electron chi connectivity index (χ0n) is 26.5. The lowest BCUT2D eigenvalue weighted by molar-refractivity contribution is 0.0361. The Kier molecular flexibility index (Phi) is 9.46. The van der Waals surface area contributed by atoms with Crippen molar-refractivity contribution in [3.05, 3.63) is 41.1 Å². The molecule has 1 aromatic heterocycles. The van der Waals surface area contributed by atoms with Gasteiger partial charge < -0.3 is 14.2 Å². The van der Waals surface area contributed by atoms with Crippen molar-refractivity contribution in [3.8, 4) is 11.3 Å². The summed E-state index contributed by atoms with van der Waals surface area (Å²) in [5.74, 6) is 0.616. The summed E-state index contributed by atoms with van der Waals surface area (Å²) < 4.78 is 37.7. The molecule has 1 aliphatic heterocycles. The monoisotopic (exact) mass is 585 g/mol. The van der Waals surface area contributed by atoms with Crippen molar-refractivity contribution in [1.82, 2.24) is 14.2 Å². The summed E-state index contributed by atoms with van der Waals surface area (Å²) in [4.78, 5) is 16.1. The highest BCUT2D eigenvalue weighted by Crippen LogP contribution is 2.37. The number of nitrogens with zero attached hydrogens (tertiary/aromatic N) is 2. The normalized spacial score (nSPS) is 18.0. The Hall–Kier alpha value is -2.16. The number of hydrogen-bond acceptors (Lipinski definition) is 4. The predicted octanol–water partition coefficient (Wildman–Crippen LogP) is 6.67. The van der Waals surface area contributed by atoms with Gasteiger partial charge in [-0.25, -0.2) is 13.1 Å². The smallest absolute Gasteiger partial charge is 0.255 e. The molecule has 0 bridgehead atoms. The van der Waals surface area contributed by atoms with E-state index in [9.17, 15) is 13.2 Å². The van der Waals surface area contributed by atoms with Crippen molar-refractivity contribution in [3.63, 3.8) is 0 Å². The molecule has 1 N–H and O–H groups in total. The molecule has 2 aliphatic rings. The highest BCUT2D eigenvalue weighted by Gasteiger charge is 2.31. The SMILES string of the molecule is Cc1c(C(=O)N(C)C2CCOCC2)cc(-c2ccc(S(=O)(=O)NC(C)(C)C)c(C(C)(C)C)c2)n1CC1CCCCC1. The fourth-order valence-electron chi connectivity index (χ4n) is 6.36. The number of rotatable bonds is 7. The van der Waals surface area contributed by atoms with Gasteiger partial charge in [0.05, 0.1) is 10.5 Å². The molecule has 228 valence electrons. The number of sulfonamides is 1. The first-order valence-electron chi connectivity index (χ1n) is 15.3. The van der Waals surface area contributed by atoms with Crippen molar-refractivity contribution in [2.45, 2.75) is 122 Å². The maximum atomic E-state index is 13.9. The minimum Gasteiger partial charge on any atom is -0.381 e. The molecule has 2 heterocycles. The van der Waals surface area contributed by atoms with Crippen LogP contribution in [0.1, 0.15) is 108 Å². The van der Waals surface area contributed by atoms with Gasteiger partial charge in [0.15, 0.2) is 0 Å². The maximum Gasteiger partial charge on any atom is 0.255 e. The van der Waals surface area contributed by atoms with Crippen molar-refractivity contribution >= 4 is 15.9 Å². The first-order chi connectivity index (χ1) is 19.1. The second kappa shape index (κ2) is 12.2. The van der Waals surface area contributed by atoms with Crippen LogP contribution in [0.3, 0.4) is 0 Å². The number of benzene rings is 1. The van der Waals surface area contributed by atoms with Gasteiger partial charge in [0, 0.05) is 49.8 Å². The van der Waals surface area contributed by atoms with Crippen molar-refractivity contribution < 1.29 is 17.9 Å². The van der Waals surface area contributed by atoms with Gasteiger partial charge >= 0.3 is 0 Å². The highest BCUT2D eigenvalue weighted by atomic mass is 32.2. The Morgan fingerprint density at radius 3 is 2.22 bits per heavy atom. The summed E-state index contributed by atoms with van der Waals surface area (Å²) in [6.45, 7) is 16.0. The van der Waals surface area contributed by atoms with Crippen molar-refractivity contribution in [1.29, 1.82) is 0 Å². The Labute approximate surface area is 248 Å². The van der Waals surface area contributed by atoms with Gasteiger partial charge in [0.2, 0.25) is 10.0 Å². The average molecular weight is 586 g/mol. The Balaban J connectivity index is 1.81. The highest BCUT2D eigenvalue weighted by molar-refractivity contribution is 7.89. The van der Waals surface area contributed by atoms with E-state index in [1.54, 1.807) is 6.07 Å². The third-order valence-corrected chi connectivity index (χ3v) is 10.5. The third-order valence-electron chi connectivity index (χ3n) is 8.63. The van der Waals surface area contributed by atoms with Gasteiger partial charge in [0.1, 0.15) is 0 Å². The maximum absolute atomic E-state index is 13.9. The van der Waals surface area contributed by atoms with E-state index in [1.165, 1.54) is 32.1 Å². The molecule has 7 nitrogen and oxygen atoms in total. The lowest BCUT2D eigenvalue weighted by Crippen LogP contribution is -2.41. The van der Waals surface area contributed by atoms with Crippen LogP contribution in [0.25, 0.3) is 11.3 Å². The van der Waals surface area contributed by atoms with E-state index >= 15 is 0 Å². The number of carbonyl (C=O) groups excluding carboxylic acids is 1. The summed E-state index contributed by atoms with van der Waals surface area (Å²) >= 11 is 0. The molecule has 0 unspecified atom stereocenters. The van der Waals surface area contributed by atoms with Gasteiger partial charge in [-0.2, -0.15) is 0 Å². The summed E-state index contributed by atoms with van der Waals surface area (Å²) in [6, 6.07) is 7.90. The fraction of sp³-hybridized carbons (Fsp3) is 0.667. The zero-order valence-corrected chi connectivity index (χ0v) is 27.3. The minimum atomic E-state index is -3.73. The van der Waals surface area contributed by atoms with E-state index in [1.807, 2.05) is 71.7 Å². The molecular formula is C33H51N3O4S. The molecular weight excluding hydrogens is 534 g/mol. The van der Waals surface area contributed by atoms with Crippen LogP contribution in [0, 0.1) is 12.8 Å². The Morgan fingerprint density at radius 1 is 1.00 bits per heavy atom. The van der Waals surface area contributed by atoms with E-state index in [2.05, 4.69) is 16.2 Å². The van der Waals surface area contributed by atoms with E-state index in [0.29, 0.717) is 24.0 Å². The van der Waals surface area contributed by atoms with E-state index in [-0.39, 0.29) is 11.9 Å². The van der Waals surface area contributed by atoms with Gasteiger partial charge in [0.25, 0.3) is 5.91 Å². The second-order valence-corrected chi connectivity index (χ2v) is 15.9. The number of carbonyl (C=O) groups is 1. The van der Waals surface area contributed by atoms with E-state index < -0.39 is 21.0 Å². The topological polar surface area (TPSA) is 80.6 Å². The van der Waals surface area contributed by atoms with Crippen LogP contribution in [-0.2, 0) is 26.7 Å². The summed E-state index contributed by atoms with van der Waals surface area (Å²) in [5, 5.41) is 0. The van der Waals surface area contributed by atoms with Crippen LogP contribution in [0.5, 0.6) is 0 Å². The van der Waals surface area contributed by atoms with Crippen LogP contribution in [0.2, 0.25) is 0 Å². The molecule has 0 spiro atoms. The van der Waals surface area contributed by atoms with Gasteiger partial charge in [-0.05, 0) is 94.0 Å². The molecule has 8 heteroatoms. The molecule has 2 aromatic rings. The lowest BCUT2D eigenvalue weighted by Gasteiger charge is -2.31. The predicted molar refractivity (Wildman–Crippen MR) is 166 cm³/mol. The number of ether oxygens (including phenoxy) is 1. The first-order valence-corrected chi connectivity index (χ1v) is 16.8. The molecule has 1 amide bonds. The molecule has 1 aliphatic carbocycles. The molecule has 1 saturated heterocycles. The van der Waals surface area contributed by atoms with Crippen LogP contribution >= 0.6 is 0 Å². The van der Waals surface area contributed by atoms with Crippen LogP contribution in [0.4, 0.5) is 0 Å². The standard InChI is InChI=1S/C33H51N3O4S/c1-23-27(31(37)35(8)26-16-18-40-19-17-26)21-29(36(23)22-24-12-10-9-11-13-24)25-14-15-30(28(20-25)32(2,3)4)41(38,39)34-33(5,6)7/h14-15,20-21,24,26,34H,9-13,16-19,22H2,1-8H3.